The molecule has 170 valence electrons. The van der Waals surface area contributed by atoms with Crippen molar-refractivity contribution in [3.8, 4) is 0 Å². The number of anilines is 2. The quantitative estimate of drug-likeness (QED) is 0.522. The summed E-state index contributed by atoms with van der Waals surface area (Å²) in [5.74, 6) is -0.940. The molecular weight excluding hydrogens is 400 g/mol. The molecule has 1 aliphatic heterocycles. The van der Waals surface area contributed by atoms with E-state index in [2.05, 4.69) is 15.6 Å². The van der Waals surface area contributed by atoms with E-state index in [1.807, 2.05) is 26.8 Å². The Bertz CT molecular complexity index is 936. The first-order valence-electron chi connectivity index (χ1n) is 10.8. The van der Waals surface area contributed by atoms with Crippen LogP contribution in [0.2, 0.25) is 0 Å². The number of aliphatic hydroxyl groups excluding tert-OH is 1. The van der Waals surface area contributed by atoms with Crippen molar-refractivity contribution in [1.82, 2.24) is 9.55 Å². The molecule has 0 aromatic carbocycles. The molecule has 1 saturated heterocycles. The molecule has 3 rings (SSSR count). The Morgan fingerprint density at radius 3 is 2.81 bits per heavy atom. The number of amides is 1. The Kier molecular flexibility index (Phi) is 7.50. The molecule has 0 unspecified atom stereocenters. The van der Waals surface area contributed by atoms with E-state index in [1.54, 1.807) is 10.8 Å². The summed E-state index contributed by atoms with van der Waals surface area (Å²) in [6.45, 7) is 6.71. The fourth-order valence-corrected chi connectivity index (χ4v) is 3.67. The number of pyridine rings is 1. The summed E-state index contributed by atoms with van der Waals surface area (Å²) in [4.78, 5) is 30.1. The molecule has 0 aliphatic carbocycles. The first-order chi connectivity index (χ1) is 14.9. The van der Waals surface area contributed by atoms with Crippen molar-refractivity contribution in [2.45, 2.75) is 58.7 Å². The topological polar surface area (TPSA) is 115 Å². The largest absolute Gasteiger partial charge is 0.464 e. The summed E-state index contributed by atoms with van der Waals surface area (Å²) in [7, 11) is 1.32. The van der Waals surface area contributed by atoms with Gasteiger partial charge in [-0.2, -0.15) is 0 Å². The van der Waals surface area contributed by atoms with E-state index in [0.29, 0.717) is 42.0 Å². The van der Waals surface area contributed by atoms with Gasteiger partial charge >= 0.3 is 5.97 Å². The molecule has 9 nitrogen and oxygen atoms in total. The van der Waals surface area contributed by atoms with E-state index in [-0.39, 0.29) is 36.3 Å². The number of methoxy groups -OCH3 is 1. The number of fused-ring (bicyclic) bond motifs is 1. The van der Waals surface area contributed by atoms with Crippen molar-refractivity contribution in [2.75, 3.05) is 31.0 Å². The van der Waals surface area contributed by atoms with Crippen LogP contribution in [0.4, 0.5) is 11.4 Å². The number of aromatic nitrogens is 2. The molecule has 31 heavy (non-hydrogen) atoms. The van der Waals surface area contributed by atoms with Crippen LogP contribution in [0.5, 0.6) is 0 Å². The number of nitrogens with zero attached hydrogens (tertiary/aromatic N) is 2. The Labute approximate surface area is 182 Å². The van der Waals surface area contributed by atoms with Crippen LogP contribution >= 0.6 is 0 Å². The summed E-state index contributed by atoms with van der Waals surface area (Å²) in [5.41, 5.74) is 1.89. The molecule has 0 saturated carbocycles. The predicted octanol–water partition coefficient (Wildman–Crippen LogP) is 2.78. The van der Waals surface area contributed by atoms with Gasteiger partial charge in [-0.05, 0) is 32.3 Å². The van der Waals surface area contributed by atoms with Crippen LogP contribution in [-0.4, -0.2) is 59.0 Å². The lowest BCUT2D eigenvalue weighted by Gasteiger charge is -2.15. The van der Waals surface area contributed by atoms with E-state index >= 15 is 0 Å². The Balaban J connectivity index is 2.16. The highest BCUT2D eigenvalue weighted by atomic mass is 16.5. The smallest absolute Gasteiger partial charge is 0.356 e. The minimum absolute atomic E-state index is 0.0360. The molecule has 2 aromatic heterocycles. The van der Waals surface area contributed by atoms with Crippen LogP contribution < -0.4 is 10.6 Å². The van der Waals surface area contributed by atoms with Crippen molar-refractivity contribution in [1.29, 1.82) is 0 Å². The molecule has 2 aromatic rings. The van der Waals surface area contributed by atoms with Gasteiger partial charge in [0, 0.05) is 24.0 Å². The van der Waals surface area contributed by atoms with Gasteiger partial charge in [0.1, 0.15) is 5.65 Å². The minimum atomic E-state index is -0.548. The SMILES string of the molecule is CC[C@H](C)C(=O)Nc1c(C(=O)OC)n(C[C@H]2CCCO2)c2ncc(N[C@H](C)CO)cc12. The van der Waals surface area contributed by atoms with Gasteiger partial charge < -0.3 is 29.8 Å². The number of esters is 1. The first kappa shape index (κ1) is 23.0. The molecular formula is C22H32N4O5. The number of carbonyl (C=O) groups is 2. The van der Waals surface area contributed by atoms with Gasteiger partial charge in [0.2, 0.25) is 5.91 Å². The second-order valence-electron chi connectivity index (χ2n) is 8.08. The van der Waals surface area contributed by atoms with Gasteiger partial charge in [-0.15, -0.1) is 0 Å². The maximum atomic E-state index is 12.8. The highest BCUT2D eigenvalue weighted by Crippen LogP contribution is 2.34. The van der Waals surface area contributed by atoms with Crippen molar-refractivity contribution >= 4 is 34.3 Å². The third kappa shape index (κ3) is 4.99. The van der Waals surface area contributed by atoms with E-state index in [4.69, 9.17) is 9.47 Å². The third-order valence-electron chi connectivity index (χ3n) is 5.68. The summed E-state index contributed by atoms with van der Waals surface area (Å²) in [6.07, 6.45) is 4.15. The van der Waals surface area contributed by atoms with Gasteiger partial charge in [0.05, 0.1) is 43.9 Å². The lowest BCUT2D eigenvalue weighted by atomic mass is 10.1. The van der Waals surface area contributed by atoms with Crippen molar-refractivity contribution in [3.63, 3.8) is 0 Å². The van der Waals surface area contributed by atoms with Crippen LogP contribution in [0.1, 0.15) is 50.5 Å². The maximum absolute atomic E-state index is 12.8. The molecule has 3 atom stereocenters. The maximum Gasteiger partial charge on any atom is 0.356 e. The van der Waals surface area contributed by atoms with Gasteiger partial charge in [0.15, 0.2) is 5.69 Å². The lowest BCUT2D eigenvalue weighted by molar-refractivity contribution is -0.119. The number of aliphatic hydroxyl groups is 1. The summed E-state index contributed by atoms with van der Waals surface area (Å²) < 4.78 is 12.6. The van der Waals surface area contributed by atoms with Crippen LogP contribution in [0.3, 0.4) is 0 Å². The second-order valence-corrected chi connectivity index (χ2v) is 8.08. The van der Waals surface area contributed by atoms with Gasteiger partial charge in [-0.1, -0.05) is 13.8 Å². The normalized spacial score (nSPS) is 18.0. The number of nitrogens with one attached hydrogen (secondary N) is 2. The third-order valence-corrected chi connectivity index (χ3v) is 5.68. The number of rotatable bonds is 9. The number of hydrogen-bond donors (Lipinski definition) is 3. The zero-order valence-corrected chi connectivity index (χ0v) is 18.6. The Morgan fingerprint density at radius 2 is 2.19 bits per heavy atom. The fourth-order valence-electron chi connectivity index (χ4n) is 3.67. The van der Waals surface area contributed by atoms with Gasteiger partial charge in [0.25, 0.3) is 0 Å². The molecule has 3 heterocycles. The molecule has 0 radical (unpaired) electrons. The average Bonchev–Trinajstić information content (AvgIpc) is 3.39. The van der Waals surface area contributed by atoms with Crippen molar-refractivity contribution < 1.29 is 24.2 Å². The zero-order valence-electron chi connectivity index (χ0n) is 18.6. The molecule has 3 N–H and O–H groups in total. The van der Waals surface area contributed by atoms with Crippen LogP contribution in [0, 0.1) is 5.92 Å². The van der Waals surface area contributed by atoms with Gasteiger partial charge in [-0.3, -0.25) is 4.79 Å². The predicted molar refractivity (Wildman–Crippen MR) is 118 cm³/mol. The summed E-state index contributed by atoms with van der Waals surface area (Å²) >= 11 is 0. The van der Waals surface area contributed by atoms with E-state index in [1.165, 1.54) is 7.11 Å². The van der Waals surface area contributed by atoms with Crippen molar-refractivity contribution in [2.24, 2.45) is 5.92 Å². The molecule has 1 fully saturated rings. The average molecular weight is 433 g/mol. The number of ether oxygens (including phenoxy) is 2. The number of hydrogen-bond acceptors (Lipinski definition) is 7. The molecule has 9 heteroatoms. The molecule has 0 bridgehead atoms. The highest BCUT2D eigenvalue weighted by Gasteiger charge is 2.29. The summed E-state index contributed by atoms with van der Waals surface area (Å²) in [5, 5.41) is 16.1. The monoisotopic (exact) mass is 432 g/mol. The fraction of sp³-hybridized carbons (Fsp3) is 0.591. The van der Waals surface area contributed by atoms with Gasteiger partial charge in [-0.25, -0.2) is 9.78 Å². The molecule has 1 amide bonds. The second kappa shape index (κ2) is 10.1. The van der Waals surface area contributed by atoms with Crippen LogP contribution in [0.25, 0.3) is 11.0 Å². The minimum Gasteiger partial charge on any atom is -0.464 e. The summed E-state index contributed by atoms with van der Waals surface area (Å²) in [6, 6.07) is 1.66. The lowest BCUT2D eigenvalue weighted by Crippen LogP contribution is -2.23. The zero-order chi connectivity index (χ0) is 22.5. The van der Waals surface area contributed by atoms with E-state index in [0.717, 1.165) is 12.8 Å². The Hall–Kier alpha value is -2.65. The van der Waals surface area contributed by atoms with Crippen LogP contribution in [0.15, 0.2) is 12.3 Å². The Morgan fingerprint density at radius 1 is 1.42 bits per heavy atom. The molecule has 1 aliphatic rings. The molecule has 0 spiro atoms. The number of carbonyl (C=O) groups excluding carboxylic acids is 2. The standard InChI is InChI=1S/C22H32N4O5/c1-5-13(2)21(28)25-18-17-9-15(24-14(3)12-27)10-23-20(17)26(19(18)22(29)30-4)11-16-7-6-8-31-16/h9-10,13-14,16,24,27H,5-8,11-12H2,1-4H3,(H,25,28)/t13-,14+,16+/m0/s1. The first-order valence-corrected chi connectivity index (χ1v) is 10.8. The van der Waals surface area contributed by atoms with Crippen LogP contribution in [-0.2, 0) is 20.8 Å². The van der Waals surface area contributed by atoms with E-state index < -0.39 is 5.97 Å². The van der Waals surface area contributed by atoms with E-state index in [9.17, 15) is 14.7 Å². The highest BCUT2D eigenvalue weighted by molar-refractivity contribution is 6.11. The van der Waals surface area contributed by atoms with Crippen molar-refractivity contribution in [3.05, 3.63) is 18.0 Å².